The lowest BCUT2D eigenvalue weighted by atomic mass is 10.1. The molecule has 0 aliphatic heterocycles. The molecule has 3 rings (SSSR count). The van der Waals surface area contributed by atoms with Gasteiger partial charge in [0.25, 0.3) is 0 Å². The number of benzene rings is 1. The van der Waals surface area contributed by atoms with Gasteiger partial charge in [0.1, 0.15) is 23.3 Å². The van der Waals surface area contributed by atoms with E-state index < -0.39 is 0 Å². The molecule has 6 heteroatoms. The molecule has 21 heavy (non-hydrogen) atoms. The zero-order valence-electron chi connectivity index (χ0n) is 11.3. The number of ether oxygens (including phenoxy) is 1. The molecule has 0 spiro atoms. The molecule has 0 saturated carbocycles. The van der Waals surface area contributed by atoms with Crippen LogP contribution < -0.4 is 16.0 Å². The second-order valence-electron chi connectivity index (χ2n) is 4.52. The molecule has 0 fully saturated rings. The maximum Gasteiger partial charge on any atom is 0.142 e. The van der Waals surface area contributed by atoms with Crippen molar-refractivity contribution >= 4 is 21.4 Å². The summed E-state index contributed by atoms with van der Waals surface area (Å²) in [7, 11) is 1.59. The van der Waals surface area contributed by atoms with Gasteiger partial charge in [-0.15, -0.1) is 11.3 Å². The van der Waals surface area contributed by atoms with E-state index in [0.717, 1.165) is 15.0 Å². The molecule has 3 aromatic rings. The van der Waals surface area contributed by atoms with Gasteiger partial charge in [-0.2, -0.15) is 0 Å². The molecule has 1 unspecified atom stereocenters. The van der Waals surface area contributed by atoms with Gasteiger partial charge in [0.05, 0.1) is 7.11 Å². The molecule has 2 heterocycles. The average molecular weight is 303 g/mol. The van der Waals surface area contributed by atoms with Gasteiger partial charge in [0.15, 0.2) is 0 Å². The second-order valence-corrected chi connectivity index (χ2v) is 5.64. The predicted molar refractivity (Wildman–Crippen MR) is 81.7 cm³/mol. The highest BCUT2D eigenvalue weighted by Gasteiger charge is 2.20. The average Bonchev–Trinajstić information content (AvgIpc) is 2.91. The van der Waals surface area contributed by atoms with Crippen LogP contribution in [0.25, 0.3) is 10.1 Å². The molecule has 0 radical (unpaired) electrons. The van der Waals surface area contributed by atoms with E-state index in [2.05, 4.69) is 10.4 Å². The molecule has 0 aliphatic carbocycles. The third-order valence-corrected chi connectivity index (χ3v) is 4.41. The lowest BCUT2D eigenvalue weighted by Crippen LogP contribution is -2.29. The van der Waals surface area contributed by atoms with E-state index in [0.29, 0.717) is 11.4 Å². The summed E-state index contributed by atoms with van der Waals surface area (Å²) in [5.74, 6) is 6.11. The van der Waals surface area contributed by atoms with Gasteiger partial charge in [-0.25, -0.2) is 9.82 Å². The zero-order valence-corrected chi connectivity index (χ0v) is 12.2. The molecule has 1 aromatic carbocycles. The number of nitrogens with two attached hydrogens (primary N) is 1. The lowest BCUT2D eigenvalue weighted by Gasteiger charge is -2.16. The zero-order chi connectivity index (χ0) is 14.8. The van der Waals surface area contributed by atoms with Gasteiger partial charge < -0.3 is 4.74 Å². The maximum atomic E-state index is 13.3. The Kier molecular flexibility index (Phi) is 3.83. The Morgan fingerprint density at radius 2 is 2.19 bits per heavy atom. The second kappa shape index (κ2) is 5.77. The SMILES string of the molecule is COc1cccnc1C(NN)c1cc2ccc(F)cc2s1. The van der Waals surface area contributed by atoms with Crippen LogP contribution in [0.3, 0.4) is 0 Å². The third kappa shape index (κ3) is 2.61. The molecule has 0 aliphatic rings. The van der Waals surface area contributed by atoms with Crippen molar-refractivity contribution < 1.29 is 9.13 Å². The van der Waals surface area contributed by atoms with Crippen molar-refractivity contribution in [3.05, 3.63) is 59.0 Å². The summed E-state index contributed by atoms with van der Waals surface area (Å²) in [6, 6.07) is 10.0. The maximum absolute atomic E-state index is 13.3. The number of halogens is 1. The van der Waals surface area contributed by atoms with Gasteiger partial charge >= 0.3 is 0 Å². The van der Waals surface area contributed by atoms with Crippen molar-refractivity contribution in [1.29, 1.82) is 0 Å². The topological polar surface area (TPSA) is 60.2 Å². The number of methoxy groups -OCH3 is 1. The van der Waals surface area contributed by atoms with Gasteiger partial charge in [0, 0.05) is 15.8 Å². The summed E-state index contributed by atoms with van der Waals surface area (Å²) in [6.45, 7) is 0. The van der Waals surface area contributed by atoms with Crippen molar-refractivity contribution in [1.82, 2.24) is 10.4 Å². The highest BCUT2D eigenvalue weighted by Crippen LogP contribution is 2.35. The molecule has 0 bridgehead atoms. The van der Waals surface area contributed by atoms with Crippen LogP contribution in [-0.2, 0) is 0 Å². The summed E-state index contributed by atoms with van der Waals surface area (Å²) < 4.78 is 19.5. The van der Waals surface area contributed by atoms with Crippen LogP contribution in [0.5, 0.6) is 5.75 Å². The molecule has 108 valence electrons. The van der Waals surface area contributed by atoms with Crippen molar-refractivity contribution in [3.8, 4) is 5.75 Å². The fourth-order valence-corrected chi connectivity index (χ4v) is 3.41. The minimum absolute atomic E-state index is 0.247. The first-order chi connectivity index (χ1) is 10.2. The molecular formula is C15H14FN3OS. The first kappa shape index (κ1) is 13.9. The molecule has 2 aromatic heterocycles. The minimum Gasteiger partial charge on any atom is -0.495 e. The first-order valence-corrected chi connectivity index (χ1v) is 7.18. The van der Waals surface area contributed by atoms with Crippen molar-refractivity contribution in [3.63, 3.8) is 0 Å². The highest BCUT2D eigenvalue weighted by atomic mass is 32.1. The molecule has 0 saturated heterocycles. The Balaban J connectivity index is 2.09. The van der Waals surface area contributed by atoms with E-state index in [1.165, 1.54) is 23.5 Å². The number of fused-ring (bicyclic) bond motifs is 1. The van der Waals surface area contributed by atoms with Crippen molar-refractivity contribution in [2.45, 2.75) is 6.04 Å². The summed E-state index contributed by atoms with van der Waals surface area (Å²) in [5.41, 5.74) is 3.46. The van der Waals surface area contributed by atoms with Crippen LogP contribution in [0.15, 0.2) is 42.6 Å². The molecule has 0 amide bonds. The first-order valence-electron chi connectivity index (χ1n) is 6.37. The Morgan fingerprint density at radius 1 is 1.33 bits per heavy atom. The van der Waals surface area contributed by atoms with Crippen LogP contribution >= 0.6 is 11.3 Å². The monoisotopic (exact) mass is 303 g/mol. The van der Waals surface area contributed by atoms with Gasteiger partial charge in [-0.3, -0.25) is 10.8 Å². The van der Waals surface area contributed by atoms with E-state index in [1.807, 2.05) is 12.1 Å². The van der Waals surface area contributed by atoms with E-state index in [4.69, 9.17) is 10.6 Å². The number of pyridine rings is 1. The number of thiophene rings is 1. The summed E-state index contributed by atoms with van der Waals surface area (Å²) in [6.07, 6.45) is 1.69. The van der Waals surface area contributed by atoms with Crippen LogP contribution in [0.4, 0.5) is 4.39 Å². The molecular weight excluding hydrogens is 289 g/mol. The number of hydrogen-bond acceptors (Lipinski definition) is 5. The number of hydrogen-bond donors (Lipinski definition) is 2. The summed E-state index contributed by atoms with van der Waals surface area (Å²) in [4.78, 5) is 5.30. The fourth-order valence-electron chi connectivity index (χ4n) is 2.26. The van der Waals surface area contributed by atoms with Gasteiger partial charge in [0.2, 0.25) is 0 Å². The highest BCUT2D eigenvalue weighted by molar-refractivity contribution is 7.19. The largest absolute Gasteiger partial charge is 0.495 e. The standard InChI is InChI=1S/C15H14FN3OS/c1-20-11-3-2-6-18-14(11)15(19-17)13-7-9-4-5-10(16)8-12(9)21-13/h2-8,15,19H,17H2,1H3. The quantitative estimate of drug-likeness (QED) is 0.574. The number of nitrogens with zero attached hydrogens (tertiary/aromatic N) is 1. The van der Waals surface area contributed by atoms with Crippen LogP contribution in [0.2, 0.25) is 0 Å². The third-order valence-electron chi connectivity index (χ3n) is 3.25. The Hall–Kier alpha value is -2.02. The molecule has 1 atom stereocenters. The fraction of sp³-hybridized carbons (Fsp3) is 0.133. The van der Waals surface area contributed by atoms with Crippen LogP contribution in [0.1, 0.15) is 16.6 Å². The normalized spacial score (nSPS) is 12.5. The Bertz CT molecular complexity index is 774. The van der Waals surface area contributed by atoms with Crippen LogP contribution in [-0.4, -0.2) is 12.1 Å². The summed E-state index contributed by atoms with van der Waals surface area (Å²) in [5, 5.41) is 0.978. The van der Waals surface area contributed by atoms with E-state index >= 15 is 0 Å². The van der Waals surface area contributed by atoms with Crippen molar-refractivity contribution in [2.75, 3.05) is 7.11 Å². The predicted octanol–water partition coefficient (Wildman–Crippen LogP) is 3.00. The lowest BCUT2D eigenvalue weighted by molar-refractivity contribution is 0.401. The molecule has 3 N–H and O–H groups in total. The Labute approximate surface area is 125 Å². The number of rotatable bonds is 4. The van der Waals surface area contributed by atoms with E-state index in [-0.39, 0.29) is 11.9 Å². The molecule has 4 nitrogen and oxygen atoms in total. The smallest absolute Gasteiger partial charge is 0.142 e. The van der Waals surface area contributed by atoms with Crippen molar-refractivity contribution in [2.24, 2.45) is 5.84 Å². The number of nitrogens with one attached hydrogen (secondary N) is 1. The van der Waals surface area contributed by atoms with Crippen LogP contribution in [0, 0.1) is 5.82 Å². The minimum atomic E-state index is -0.304. The number of aromatic nitrogens is 1. The number of hydrazine groups is 1. The van der Waals surface area contributed by atoms with Gasteiger partial charge in [-0.05, 0) is 35.7 Å². The summed E-state index contributed by atoms with van der Waals surface area (Å²) >= 11 is 1.48. The van der Waals surface area contributed by atoms with Gasteiger partial charge in [-0.1, -0.05) is 6.07 Å². The Morgan fingerprint density at radius 3 is 2.95 bits per heavy atom. The van der Waals surface area contributed by atoms with E-state index in [9.17, 15) is 4.39 Å². The van der Waals surface area contributed by atoms with E-state index in [1.54, 1.807) is 25.4 Å².